The summed E-state index contributed by atoms with van der Waals surface area (Å²) in [4.78, 5) is 16.3. The molecule has 1 fully saturated rings. The number of hydrogen-bond donors (Lipinski definition) is 2. The number of amides is 2. The van der Waals surface area contributed by atoms with Crippen LogP contribution in [0.5, 0.6) is 0 Å². The SMILES string of the molecule is CCN(CC(C)(C)O)C(=O)NCC1CCN(c2ccccc2)C1. The lowest BCUT2D eigenvalue weighted by Gasteiger charge is -2.28. The van der Waals surface area contributed by atoms with Crippen LogP contribution >= 0.6 is 0 Å². The van der Waals surface area contributed by atoms with Crippen LogP contribution in [0.15, 0.2) is 30.3 Å². The van der Waals surface area contributed by atoms with E-state index in [-0.39, 0.29) is 6.03 Å². The molecule has 1 aromatic rings. The molecule has 1 atom stereocenters. The maximum absolute atomic E-state index is 12.3. The molecule has 1 saturated heterocycles. The number of benzene rings is 1. The van der Waals surface area contributed by atoms with Gasteiger partial charge in [0.2, 0.25) is 0 Å². The number of carbonyl (C=O) groups excluding carboxylic acids is 1. The molecule has 5 nitrogen and oxygen atoms in total. The Morgan fingerprint density at radius 3 is 2.70 bits per heavy atom. The van der Waals surface area contributed by atoms with Gasteiger partial charge >= 0.3 is 6.03 Å². The number of likely N-dealkylation sites (N-methyl/N-ethyl adjacent to an activating group) is 1. The molecule has 5 heteroatoms. The third kappa shape index (κ3) is 5.43. The van der Waals surface area contributed by atoms with E-state index in [2.05, 4.69) is 34.5 Å². The Kier molecular flexibility index (Phi) is 5.88. The number of carbonyl (C=O) groups is 1. The van der Waals surface area contributed by atoms with Crippen LogP contribution in [-0.2, 0) is 0 Å². The molecule has 0 aliphatic carbocycles. The maximum atomic E-state index is 12.3. The van der Waals surface area contributed by atoms with Crippen LogP contribution < -0.4 is 10.2 Å². The van der Waals surface area contributed by atoms with Crippen LogP contribution in [0.2, 0.25) is 0 Å². The highest BCUT2D eigenvalue weighted by Gasteiger charge is 2.25. The van der Waals surface area contributed by atoms with Crippen molar-refractivity contribution in [1.82, 2.24) is 10.2 Å². The molecule has 2 N–H and O–H groups in total. The van der Waals surface area contributed by atoms with Gasteiger partial charge < -0.3 is 20.2 Å². The van der Waals surface area contributed by atoms with Crippen LogP contribution in [0.25, 0.3) is 0 Å². The molecule has 0 aromatic heterocycles. The van der Waals surface area contributed by atoms with Crippen molar-refractivity contribution in [3.63, 3.8) is 0 Å². The molecular formula is C18H29N3O2. The van der Waals surface area contributed by atoms with Crippen molar-refractivity contribution in [2.75, 3.05) is 37.6 Å². The average Bonchev–Trinajstić information content (AvgIpc) is 2.99. The summed E-state index contributed by atoms with van der Waals surface area (Å²) in [6.07, 6.45) is 1.09. The van der Waals surface area contributed by atoms with Gasteiger partial charge in [0, 0.05) is 31.9 Å². The first-order valence-electron chi connectivity index (χ1n) is 8.44. The van der Waals surface area contributed by atoms with E-state index in [1.807, 2.05) is 13.0 Å². The van der Waals surface area contributed by atoms with E-state index < -0.39 is 5.60 Å². The second kappa shape index (κ2) is 7.68. The molecule has 0 saturated carbocycles. The van der Waals surface area contributed by atoms with Crippen LogP contribution in [0.1, 0.15) is 27.2 Å². The summed E-state index contributed by atoms with van der Waals surface area (Å²) in [5.74, 6) is 0.472. The summed E-state index contributed by atoms with van der Waals surface area (Å²) in [6.45, 7) is 9.00. The van der Waals surface area contributed by atoms with Crippen molar-refractivity contribution in [2.45, 2.75) is 32.8 Å². The zero-order valence-electron chi connectivity index (χ0n) is 14.5. The number of nitrogens with zero attached hydrogens (tertiary/aromatic N) is 2. The standard InChI is InChI=1S/C18H29N3O2/c1-4-20(14-18(2,3)23)17(22)19-12-15-10-11-21(13-15)16-8-6-5-7-9-16/h5-9,15,23H,4,10-14H2,1-3H3,(H,19,22). The minimum Gasteiger partial charge on any atom is -0.389 e. The van der Waals surface area contributed by atoms with Crippen molar-refractivity contribution >= 4 is 11.7 Å². The molecule has 1 unspecified atom stereocenters. The summed E-state index contributed by atoms with van der Waals surface area (Å²) in [6, 6.07) is 10.3. The monoisotopic (exact) mass is 319 g/mol. The third-order valence-electron chi connectivity index (χ3n) is 4.20. The Balaban J connectivity index is 1.79. The van der Waals surface area contributed by atoms with Gasteiger partial charge in [0.05, 0.1) is 12.1 Å². The van der Waals surface area contributed by atoms with E-state index >= 15 is 0 Å². The lowest BCUT2D eigenvalue weighted by molar-refractivity contribution is 0.0479. The summed E-state index contributed by atoms with van der Waals surface area (Å²) >= 11 is 0. The molecule has 128 valence electrons. The van der Waals surface area contributed by atoms with Gasteiger partial charge in [-0.25, -0.2) is 4.79 Å². The van der Waals surface area contributed by atoms with E-state index in [4.69, 9.17) is 0 Å². The molecule has 1 aromatic carbocycles. The highest BCUT2D eigenvalue weighted by Crippen LogP contribution is 2.23. The Morgan fingerprint density at radius 1 is 1.39 bits per heavy atom. The topological polar surface area (TPSA) is 55.8 Å². The van der Waals surface area contributed by atoms with E-state index in [0.717, 1.165) is 19.5 Å². The summed E-state index contributed by atoms with van der Waals surface area (Å²) in [5, 5.41) is 12.9. The van der Waals surface area contributed by atoms with Gasteiger partial charge in [-0.05, 0) is 45.2 Å². The predicted octanol–water partition coefficient (Wildman–Crippen LogP) is 2.32. The van der Waals surface area contributed by atoms with Gasteiger partial charge in [-0.2, -0.15) is 0 Å². The lowest BCUT2D eigenvalue weighted by atomic mass is 10.1. The summed E-state index contributed by atoms with van der Waals surface area (Å²) in [5.41, 5.74) is 0.378. The van der Waals surface area contributed by atoms with E-state index in [1.165, 1.54) is 5.69 Å². The highest BCUT2D eigenvalue weighted by atomic mass is 16.3. The number of anilines is 1. The predicted molar refractivity (Wildman–Crippen MR) is 93.7 cm³/mol. The first kappa shape index (κ1) is 17.6. The minimum atomic E-state index is -0.870. The average molecular weight is 319 g/mol. The van der Waals surface area contributed by atoms with Gasteiger partial charge in [0.15, 0.2) is 0 Å². The number of hydrogen-bond acceptors (Lipinski definition) is 3. The first-order chi connectivity index (χ1) is 10.9. The van der Waals surface area contributed by atoms with E-state index in [1.54, 1.807) is 18.7 Å². The van der Waals surface area contributed by atoms with Crippen LogP contribution in [0, 0.1) is 5.92 Å². The molecule has 0 radical (unpaired) electrons. The molecular weight excluding hydrogens is 290 g/mol. The molecule has 1 aliphatic rings. The minimum absolute atomic E-state index is 0.0900. The van der Waals surface area contributed by atoms with Crippen LogP contribution in [0.3, 0.4) is 0 Å². The van der Waals surface area contributed by atoms with E-state index in [0.29, 0.717) is 25.6 Å². The van der Waals surface area contributed by atoms with Gasteiger partial charge in [0.25, 0.3) is 0 Å². The number of para-hydroxylation sites is 1. The van der Waals surface area contributed by atoms with Gasteiger partial charge in [-0.15, -0.1) is 0 Å². The number of rotatable bonds is 6. The summed E-state index contributed by atoms with van der Waals surface area (Å²) < 4.78 is 0. The number of urea groups is 1. The summed E-state index contributed by atoms with van der Waals surface area (Å²) in [7, 11) is 0. The van der Waals surface area contributed by atoms with Gasteiger partial charge in [0.1, 0.15) is 0 Å². The zero-order chi connectivity index (χ0) is 16.9. The fourth-order valence-electron chi connectivity index (χ4n) is 3.01. The Hall–Kier alpha value is -1.75. The van der Waals surface area contributed by atoms with Crippen molar-refractivity contribution in [2.24, 2.45) is 5.92 Å². The largest absolute Gasteiger partial charge is 0.389 e. The smallest absolute Gasteiger partial charge is 0.317 e. The maximum Gasteiger partial charge on any atom is 0.317 e. The Morgan fingerprint density at radius 2 is 2.09 bits per heavy atom. The molecule has 1 aliphatic heterocycles. The molecule has 0 spiro atoms. The third-order valence-corrected chi connectivity index (χ3v) is 4.20. The Bertz CT molecular complexity index is 499. The fraction of sp³-hybridized carbons (Fsp3) is 0.611. The van der Waals surface area contributed by atoms with Gasteiger partial charge in [-0.1, -0.05) is 18.2 Å². The van der Waals surface area contributed by atoms with Crippen molar-refractivity contribution < 1.29 is 9.90 Å². The van der Waals surface area contributed by atoms with Crippen molar-refractivity contribution in [1.29, 1.82) is 0 Å². The molecule has 2 amide bonds. The normalized spacial score (nSPS) is 18.1. The van der Waals surface area contributed by atoms with Crippen LogP contribution in [-0.4, -0.2) is 54.4 Å². The molecule has 2 rings (SSSR count). The lowest BCUT2D eigenvalue weighted by Crippen LogP contribution is -2.47. The Labute approximate surface area is 139 Å². The molecule has 1 heterocycles. The molecule has 0 bridgehead atoms. The quantitative estimate of drug-likeness (QED) is 0.846. The van der Waals surface area contributed by atoms with Crippen LogP contribution in [0.4, 0.5) is 10.5 Å². The number of nitrogens with one attached hydrogen (secondary N) is 1. The fourth-order valence-corrected chi connectivity index (χ4v) is 3.01. The first-order valence-corrected chi connectivity index (χ1v) is 8.44. The zero-order valence-corrected chi connectivity index (χ0v) is 14.5. The number of aliphatic hydroxyl groups is 1. The second-order valence-corrected chi connectivity index (χ2v) is 6.95. The van der Waals surface area contributed by atoms with E-state index in [9.17, 15) is 9.90 Å². The van der Waals surface area contributed by atoms with Crippen molar-refractivity contribution in [3.05, 3.63) is 30.3 Å². The molecule has 23 heavy (non-hydrogen) atoms. The van der Waals surface area contributed by atoms with Crippen molar-refractivity contribution in [3.8, 4) is 0 Å². The van der Waals surface area contributed by atoms with Gasteiger partial charge in [-0.3, -0.25) is 0 Å². The highest BCUT2D eigenvalue weighted by molar-refractivity contribution is 5.74. The second-order valence-electron chi connectivity index (χ2n) is 6.95.